The Morgan fingerprint density at radius 3 is 2.48 bits per heavy atom. The lowest BCUT2D eigenvalue weighted by Gasteiger charge is -2.26. The Morgan fingerprint density at radius 2 is 1.95 bits per heavy atom. The molecule has 0 saturated carbocycles. The summed E-state index contributed by atoms with van der Waals surface area (Å²) in [5.41, 5.74) is 0.861. The molecule has 0 aromatic heterocycles. The number of rotatable bonds is 5. The third-order valence-electron chi connectivity index (χ3n) is 3.67. The van der Waals surface area contributed by atoms with Gasteiger partial charge in [-0.2, -0.15) is 4.31 Å². The summed E-state index contributed by atoms with van der Waals surface area (Å²) in [5, 5.41) is 12.8. The molecule has 0 amide bonds. The molecular weight excluding hydrogens is 290 g/mol. The van der Waals surface area contributed by atoms with Crippen LogP contribution >= 0.6 is 0 Å². The quantitative estimate of drug-likeness (QED) is 0.824. The second kappa shape index (κ2) is 6.31. The lowest BCUT2D eigenvalue weighted by molar-refractivity contribution is 0.188. The van der Waals surface area contributed by atoms with Gasteiger partial charge in [0.05, 0.1) is 11.0 Å². The van der Waals surface area contributed by atoms with Crippen LogP contribution in [0.2, 0.25) is 0 Å². The van der Waals surface area contributed by atoms with Gasteiger partial charge in [0, 0.05) is 31.9 Å². The van der Waals surface area contributed by atoms with Gasteiger partial charge in [0.25, 0.3) is 0 Å². The van der Waals surface area contributed by atoms with Crippen molar-refractivity contribution < 1.29 is 13.5 Å². The highest BCUT2D eigenvalue weighted by atomic mass is 32.2. The molecule has 6 nitrogen and oxygen atoms in total. The van der Waals surface area contributed by atoms with E-state index in [0.717, 1.165) is 5.69 Å². The Hall–Kier alpha value is -1.15. The first-order valence-electron chi connectivity index (χ1n) is 6.97. The number of nitrogens with zero attached hydrogens (tertiary/aromatic N) is 2. The van der Waals surface area contributed by atoms with E-state index < -0.39 is 16.1 Å². The van der Waals surface area contributed by atoms with E-state index in [-0.39, 0.29) is 17.5 Å². The van der Waals surface area contributed by atoms with Crippen molar-refractivity contribution in [3.05, 3.63) is 24.3 Å². The molecule has 1 aliphatic rings. The maximum absolute atomic E-state index is 12.7. The van der Waals surface area contributed by atoms with Crippen molar-refractivity contribution in [2.45, 2.75) is 23.5 Å². The fourth-order valence-electron chi connectivity index (χ4n) is 2.67. The molecule has 2 rings (SSSR count). The number of nitrogens with one attached hydrogen (secondary N) is 1. The fourth-order valence-corrected chi connectivity index (χ4v) is 4.34. The van der Waals surface area contributed by atoms with Crippen LogP contribution in [0.4, 0.5) is 5.69 Å². The van der Waals surface area contributed by atoms with E-state index in [9.17, 15) is 13.5 Å². The summed E-state index contributed by atoms with van der Waals surface area (Å²) >= 11 is 0. The van der Waals surface area contributed by atoms with Crippen molar-refractivity contribution in [2.24, 2.45) is 0 Å². The van der Waals surface area contributed by atoms with E-state index in [1.807, 2.05) is 19.0 Å². The minimum atomic E-state index is -3.57. The van der Waals surface area contributed by atoms with E-state index in [1.165, 1.54) is 4.31 Å². The van der Waals surface area contributed by atoms with Crippen molar-refractivity contribution in [1.29, 1.82) is 0 Å². The molecule has 2 atom stereocenters. The molecule has 1 heterocycles. The van der Waals surface area contributed by atoms with Gasteiger partial charge in [0.15, 0.2) is 0 Å². The fraction of sp³-hybridized carbons (Fsp3) is 0.571. The second-order valence-electron chi connectivity index (χ2n) is 5.65. The average molecular weight is 313 g/mol. The summed E-state index contributed by atoms with van der Waals surface area (Å²) in [6, 6.07) is 6.47. The molecule has 2 N–H and O–H groups in total. The molecule has 118 valence electrons. The maximum atomic E-state index is 12.7. The second-order valence-corrected chi connectivity index (χ2v) is 7.55. The standard InChI is InChI=1S/C14H23N3O3S/c1-15-11-4-6-14(7-5-11)21(19,20)17-10-13(18)8-12(17)9-16(2)3/h4-7,12-13,15,18H,8-10H2,1-3H3. The van der Waals surface area contributed by atoms with Crippen molar-refractivity contribution in [3.63, 3.8) is 0 Å². The number of likely N-dealkylation sites (N-methyl/N-ethyl adjacent to an activating group) is 1. The minimum Gasteiger partial charge on any atom is -0.392 e. The Balaban J connectivity index is 2.27. The van der Waals surface area contributed by atoms with Gasteiger partial charge in [-0.15, -0.1) is 0 Å². The Morgan fingerprint density at radius 1 is 1.33 bits per heavy atom. The molecule has 1 fully saturated rings. The summed E-state index contributed by atoms with van der Waals surface area (Å²) < 4.78 is 26.9. The van der Waals surface area contributed by atoms with Crippen molar-refractivity contribution in [1.82, 2.24) is 9.21 Å². The van der Waals surface area contributed by atoms with Crippen LogP contribution in [-0.4, -0.2) is 69.1 Å². The molecular formula is C14H23N3O3S. The zero-order valence-electron chi connectivity index (χ0n) is 12.7. The summed E-state index contributed by atoms with van der Waals surface area (Å²) in [5.74, 6) is 0. The summed E-state index contributed by atoms with van der Waals surface area (Å²) in [6.07, 6.45) is -0.118. The monoisotopic (exact) mass is 313 g/mol. The van der Waals surface area contributed by atoms with Gasteiger partial charge in [-0.05, 0) is 44.8 Å². The highest BCUT2D eigenvalue weighted by Crippen LogP contribution is 2.27. The Labute approximate surface area is 126 Å². The van der Waals surface area contributed by atoms with Crippen LogP contribution in [0.5, 0.6) is 0 Å². The molecule has 0 radical (unpaired) electrons. The average Bonchev–Trinajstić information content (AvgIpc) is 2.79. The van der Waals surface area contributed by atoms with Crippen LogP contribution in [0.1, 0.15) is 6.42 Å². The van der Waals surface area contributed by atoms with Gasteiger partial charge < -0.3 is 15.3 Å². The van der Waals surface area contributed by atoms with Gasteiger partial charge in [0.1, 0.15) is 0 Å². The number of anilines is 1. The van der Waals surface area contributed by atoms with Crippen molar-refractivity contribution in [2.75, 3.05) is 39.5 Å². The normalized spacial score (nSPS) is 23.7. The SMILES string of the molecule is CNc1ccc(S(=O)(=O)N2CC(O)CC2CN(C)C)cc1. The van der Waals surface area contributed by atoms with Crippen molar-refractivity contribution in [3.8, 4) is 0 Å². The summed E-state index contributed by atoms with van der Waals surface area (Å²) in [4.78, 5) is 2.20. The molecule has 0 spiro atoms. The molecule has 0 aliphatic carbocycles. The highest BCUT2D eigenvalue weighted by molar-refractivity contribution is 7.89. The number of aliphatic hydroxyl groups excluding tert-OH is 1. The highest BCUT2D eigenvalue weighted by Gasteiger charge is 2.39. The van der Waals surface area contributed by atoms with Crippen LogP contribution in [-0.2, 0) is 10.0 Å². The molecule has 1 saturated heterocycles. The number of β-amino-alcohol motifs (C(OH)–C–C–N with tert-alkyl or cyclic N) is 1. The largest absolute Gasteiger partial charge is 0.392 e. The minimum absolute atomic E-state index is 0.161. The first-order chi connectivity index (χ1) is 9.84. The third-order valence-corrected chi connectivity index (χ3v) is 5.60. The Bertz CT molecular complexity index is 572. The smallest absolute Gasteiger partial charge is 0.243 e. The molecule has 0 bridgehead atoms. The van der Waals surface area contributed by atoms with Gasteiger partial charge >= 0.3 is 0 Å². The van der Waals surface area contributed by atoms with Crippen LogP contribution in [0.3, 0.4) is 0 Å². The van der Waals surface area contributed by atoms with Crippen LogP contribution in [0, 0.1) is 0 Å². The van der Waals surface area contributed by atoms with E-state index in [2.05, 4.69) is 5.32 Å². The molecule has 21 heavy (non-hydrogen) atoms. The van der Waals surface area contributed by atoms with Gasteiger partial charge in [-0.3, -0.25) is 0 Å². The molecule has 1 aromatic carbocycles. The van der Waals surface area contributed by atoms with E-state index in [0.29, 0.717) is 13.0 Å². The predicted molar refractivity (Wildman–Crippen MR) is 82.8 cm³/mol. The lowest BCUT2D eigenvalue weighted by Crippen LogP contribution is -2.41. The number of benzene rings is 1. The zero-order chi connectivity index (χ0) is 15.6. The molecule has 1 aromatic rings. The van der Waals surface area contributed by atoms with Gasteiger partial charge in [-0.1, -0.05) is 0 Å². The number of aliphatic hydroxyl groups is 1. The first-order valence-corrected chi connectivity index (χ1v) is 8.41. The van der Waals surface area contributed by atoms with E-state index in [1.54, 1.807) is 31.3 Å². The van der Waals surface area contributed by atoms with Gasteiger partial charge in [0.2, 0.25) is 10.0 Å². The topological polar surface area (TPSA) is 72.9 Å². The first kappa shape index (κ1) is 16.2. The van der Waals surface area contributed by atoms with Crippen LogP contribution in [0.15, 0.2) is 29.2 Å². The predicted octanol–water partition coefficient (Wildman–Crippen LogP) is 0.414. The molecule has 7 heteroatoms. The summed E-state index contributed by atoms with van der Waals surface area (Å²) in [7, 11) is 2.01. The van der Waals surface area contributed by atoms with E-state index >= 15 is 0 Å². The summed E-state index contributed by atoms with van der Waals surface area (Å²) in [6.45, 7) is 0.763. The van der Waals surface area contributed by atoms with Crippen LogP contribution < -0.4 is 5.32 Å². The zero-order valence-corrected chi connectivity index (χ0v) is 13.5. The number of hydrogen-bond acceptors (Lipinski definition) is 5. The number of sulfonamides is 1. The Kier molecular flexibility index (Phi) is 4.88. The number of hydrogen-bond donors (Lipinski definition) is 2. The van der Waals surface area contributed by atoms with E-state index in [4.69, 9.17) is 0 Å². The third kappa shape index (κ3) is 3.55. The van der Waals surface area contributed by atoms with Crippen molar-refractivity contribution >= 4 is 15.7 Å². The lowest BCUT2D eigenvalue weighted by atomic mass is 10.2. The van der Waals surface area contributed by atoms with Crippen LogP contribution in [0.25, 0.3) is 0 Å². The molecule has 1 aliphatic heterocycles. The maximum Gasteiger partial charge on any atom is 0.243 e. The van der Waals surface area contributed by atoms with Gasteiger partial charge in [-0.25, -0.2) is 8.42 Å². The molecule has 2 unspecified atom stereocenters.